The maximum Gasteiger partial charge on any atom is 0.269 e. The summed E-state index contributed by atoms with van der Waals surface area (Å²) in [6, 6.07) is -0.150. The standard InChI is InChI=1S/C7H13F3N2/c8-6(7(9)10)3-5-4-11-1-2-12-5/h5-7,11-12H,1-4H2. The smallest absolute Gasteiger partial charge is 0.269 e. The van der Waals surface area contributed by atoms with Gasteiger partial charge in [-0.25, -0.2) is 13.2 Å². The van der Waals surface area contributed by atoms with E-state index in [1.54, 1.807) is 0 Å². The van der Waals surface area contributed by atoms with Crippen LogP contribution in [0.15, 0.2) is 0 Å². The molecule has 0 amide bonds. The van der Waals surface area contributed by atoms with Gasteiger partial charge in [-0.3, -0.25) is 0 Å². The molecule has 1 saturated heterocycles. The monoisotopic (exact) mass is 182 g/mol. The summed E-state index contributed by atoms with van der Waals surface area (Å²) in [5.41, 5.74) is 0. The summed E-state index contributed by atoms with van der Waals surface area (Å²) < 4.78 is 36.0. The Morgan fingerprint density at radius 1 is 1.25 bits per heavy atom. The Morgan fingerprint density at radius 2 is 2.00 bits per heavy atom. The van der Waals surface area contributed by atoms with Crippen molar-refractivity contribution in [3.63, 3.8) is 0 Å². The SMILES string of the molecule is FC(F)C(F)CC1CNCCN1. The summed E-state index contributed by atoms with van der Waals surface area (Å²) in [5, 5.41) is 5.97. The molecule has 0 aromatic rings. The predicted octanol–water partition coefficient (Wildman–Crippen LogP) is 0.541. The topological polar surface area (TPSA) is 24.1 Å². The molecule has 0 radical (unpaired) electrons. The van der Waals surface area contributed by atoms with Gasteiger partial charge in [0.05, 0.1) is 0 Å². The van der Waals surface area contributed by atoms with E-state index in [0.29, 0.717) is 6.54 Å². The fourth-order valence-electron chi connectivity index (χ4n) is 1.25. The van der Waals surface area contributed by atoms with Crippen LogP contribution < -0.4 is 10.6 Å². The van der Waals surface area contributed by atoms with Crippen LogP contribution in [0.25, 0.3) is 0 Å². The van der Waals surface area contributed by atoms with Crippen LogP contribution in [-0.4, -0.2) is 38.3 Å². The van der Waals surface area contributed by atoms with Gasteiger partial charge in [-0.2, -0.15) is 0 Å². The quantitative estimate of drug-likeness (QED) is 0.665. The lowest BCUT2D eigenvalue weighted by molar-refractivity contribution is 0.0387. The molecule has 2 nitrogen and oxygen atoms in total. The Morgan fingerprint density at radius 3 is 2.50 bits per heavy atom. The maximum absolute atomic E-state index is 12.5. The molecule has 5 heteroatoms. The molecule has 0 aromatic heterocycles. The van der Waals surface area contributed by atoms with Crippen LogP contribution in [0.5, 0.6) is 0 Å². The fraction of sp³-hybridized carbons (Fsp3) is 1.00. The lowest BCUT2D eigenvalue weighted by Crippen LogP contribution is -2.49. The number of piperazine rings is 1. The first-order chi connectivity index (χ1) is 5.70. The zero-order chi connectivity index (χ0) is 8.97. The van der Waals surface area contributed by atoms with Gasteiger partial charge in [-0.15, -0.1) is 0 Å². The van der Waals surface area contributed by atoms with Crippen molar-refractivity contribution in [2.24, 2.45) is 0 Å². The van der Waals surface area contributed by atoms with Crippen LogP contribution in [0.1, 0.15) is 6.42 Å². The number of alkyl halides is 3. The number of nitrogens with one attached hydrogen (secondary N) is 2. The highest BCUT2D eigenvalue weighted by Gasteiger charge is 2.24. The average molecular weight is 182 g/mol. The molecule has 0 bridgehead atoms. The highest BCUT2D eigenvalue weighted by Crippen LogP contribution is 2.12. The first-order valence-electron chi connectivity index (χ1n) is 4.06. The number of halogens is 3. The zero-order valence-corrected chi connectivity index (χ0v) is 6.69. The Kier molecular flexibility index (Phi) is 3.81. The highest BCUT2D eigenvalue weighted by atomic mass is 19.3. The van der Waals surface area contributed by atoms with E-state index >= 15 is 0 Å². The molecule has 1 aliphatic rings. The first kappa shape index (κ1) is 9.80. The van der Waals surface area contributed by atoms with Gasteiger partial charge in [0.25, 0.3) is 6.43 Å². The zero-order valence-electron chi connectivity index (χ0n) is 6.69. The van der Waals surface area contributed by atoms with Gasteiger partial charge < -0.3 is 10.6 Å². The Balaban J connectivity index is 2.20. The van der Waals surface area contributed by atoms with Crippen molar-refractivity contribution >= 4 is 0 Å². The molecule has 0 aromatic carbocycles. The van der Waals surface area contributed by atoms with Crippen LogP contribution in [0.2, 0.25) is 0 Å². The minimum Gasteiger partial charge on any atom is -0.314 e. The molecular weight excluding hydrogens is 169 g/mol. The van der Waals surface area contributed by atoms with Crippen LogP contribution in [-0.2, 0) is 0 Å². The van der Waals surface area contributed by atoms with Crippen molar-refractivity contribution in [1.82, 2.24) is 10.6 Å². The fourth-order valence-corrected chi connectivity index (χ4v) is 1.25. The molecule has 1 rings (SSSR count). The Labute approximate surface area is 69.5 Å². The Hall–Kier alpha value is -0.290. The lowest BCUT2D eigenvalue weighted by Gasteiger charge is -2.25. The average Bonchev–Trinajstić information content (AvgIpc) is 2.06. The summed E-state index contributed by atoms with van der Waals surface area (Å²) in [4.78, 5) is 0. The Bertz CT molecular complexity index is 126. The van der Waals surface area contributed by atoms with Crippen molar-refractivity contribution < 1.29 is 13.2 Å². The first-order valence-corrected chi connectivity index (χ1v) is 4.06. The van der Waals surface area contributed by atoms with Crippen LogP contribution in [0.3, 0.4) is 0 Å². The van der Waals surface area contributed by atoms with Gasteiger partial charge >= 0.3 is 0 Å². The molecule has 0 spiro atoms. The summed E-state index contributed by atoms with van der Waals surface area (Å²) in [7, 11) is 0. The van der Waals surface area contributed by atoms with E-state index < -0.39 is 12.6 Å². The van der Waals surface area contributed by atoms with Gasteiger partial charge in [0.1, 0.15) is 0 Å². The van der Waals surface area contributed by atoms with E-state index in [1.807, 2.05) is 0 Å². The maximum atomic E-state index is 12.5. The molecule has 12 heavy (non-hydrogen) atoms. The molecule has 2 atom stereocenters. The molecule has 2 unspecified atom stereocenters. The van der Waals surface area contributed by atoms with E-state index in [2.05, 4.69) is 10.6 Å². The van der Waals surface area contributed by atoms with Crippen LogP contribution in [0, 0.1) is 0 Å². The predicted molar refractivity (Wildman–Crippen MR) is 40.2 cm³/mol. The number of rotatable bonds is 3. The minimum absolute atomic E-state index is 0.106. The van der Waals surface area contributed by atoms with Gasteiger partial charge in [0.2, 0.25) is 0 Å². The summed E-state index contributed by atoms with van der Waals surface area (Å²) in [5.74, 6) is 0. The van der Waals surface area contributed by atoms with Gasteiger partial charge in [0, 0.05) is 32.1 Å². The minimum atomic E-state index is -2.85. The third-order valence-corrected chi connectivity index (χ3v) is 1.91. The van der Waals surface area contributed by atoms with Crippen molar-refractivity contribution in [1.29, 1.82) is 0 Å². The second-order valence-electron chi connectivity index (χ2n) is 2.94. The van der Waals surface area contributed by atoms with Gasteiger partial charge in [-0.05, 0) is 0 Å². The second kappa shape index (κ2) is 4.67. The third kappa shape index (κ3) is 2.98. The van der Waals surface area contributed by atoms with E-state index in [-0.39, 0.29) is 12.5 Å². The molecule has 2 N–H and O–H groups in total. The molecule has 1 heterocycles. The molecule has 0 aliphatic carbocycles. The molecule has 1 aliphatic heterocycles. The highest BCUT2D eigenvalue weighted by molar-refractivity contribution is 4.78. The van der Waals surface area contributed by atoms with E-state index in [1.165, 1.54) is 0 Å². The van der Waals surface area contributed by atoms with Crippen LogP contribution in [0.4, 0.5) is 13.2 Å². The number of hydrogen-bond donors (Lipinski definition) is 2. The molecule has 72 valence electrons. The largest absolute Gasteiger partial charge is 0.314 e. The number of hydrogen-bond acceptors (Lipinski definition) is 2. The van der Waals surface area contributed by atoms with E-state index in [0.717, 1.165) is 13.1 Å². The normalized spacial score (nSPS) is 27.5. The van der Waals surface area contributed by atoms with Gasteiger partial charge in [0.15, 0.2) is 6.17 Å². The summed E-state index contributed by atoms with van der Waals surface area (Å²) in [6.45, 7) is 2.12. The van der Waals surface area contributed by atoms with Crippen molar-refractivity contribution in [3.8, 4) is 0 Å². The van der Waals surface area contributed by atoms with E-state index in [4.69, 9.17) is 0 Å². The van der Waals surface area contributed by atoms with Crippen molar-refractivity contribution in [2.45, 2.75) is 25.1 Å². The molecule has 1 fully saturated rings. The lowest BCUT2D eigenvalue weighted by atomic mass is 10.1. The summed E-state index contributed by atoms with van der Waals surface area (Å²) >= 11 is 0. The summed E-state index contributed by atoms with van der Waals surface area (Å²) in [6.07, 6.45) is -4.96. The van der Waals surface area contributed by atoms with Gasteiger partial charge in [-0.1, -0.05) is 0 Å². The molecular formula is C7H13F3N2. The second-order valence-corrected chi connectivity index (χ2v) is 2.94. The van der Waals surface area contributed by atoms with E-state index in [9.17, 15) is 13.2 Å². The molecule has 0 saturated carbocycles. The third-order valence-electron chi connectivity index (χ3n) is 1.91. The van der Waals surface area contributed by atoms with Crippen LogP contribution >= 0.6 is 0 Å². The van der Waals surface area contributed by atoms with Crippen molar-refractivity contribution in [3.05, 3.63) is 0 Å². The van der Waals surface area contributed by atoms with Crippen molar-refractivity contribution in [2.75, 3.05) is 19.6 Å².